The van der Waals surface area contributed by atoms with E-state index in [-0.39, 0.29) is 18.3 Å². The maximum absolute atomic E-state index is 14.1. The van der Waals surface area contributed by atoms with Gasteiger partial charge in [0.25, 0.3) is 5.91 Å². The summed E-state index contributed by atoms with van der Waals surface area (Å²) < 4.78 is 17.6. The van der Waals surface area contributed by atoms with Crippen LogP contribution in [0.1, 0.15) is 44.3 Å². The molecule has 0 aliphatic rings. The molecular weight excluding hydrogens is 441 g/mol. The van der Waals surface area contributed by atoms with Crippen molar-refractivity contribution in [3.05, 3.63) is 98.8 Å². The Morgan fingerprint density at radius 3 is 2.33 bits per heavy atom. The van der Waals surface area contributed by atoms with E-state index in [1.165, 1.54) is 6.07 Å². The molecule has 0 aliphatic carbocycles. The summed E-state index contributed by atoms with van der Waals surface area (Å²) in [5.41, 5.74) is 5.74. The highest BCUT2D eigenvalue weighted by molar-refractivity contribution is 6.31. The summed E-state index contributed by atoms with van der Waals surface area (Å²) in [5, 5.41) is 12.6. The zero-order valence-corrected chi connectivity index (χ0v) is 19.7. The van der Waals surface area contributed by atoms with Crippen molar-refractivity contribution in [2.75, 3.05) is 5.32 Å². The molecule has 0 radical (unpaired) electrons. The molecule has 1 amide bonds. The minimum absolute atomic E-state index is 0.236. The summed E-state index contributed by atoms with van der Waals surface area (Å²) in [7, 11) is 0. The molecule has 170 valence electrons. The predicted molar refractivity (Wildman–Crippen MR) is 127 cm³/mol. The highest BCUT2D eigenvalue weighted by Gasteiger charge is 2.17. The van der Waals surface area contributed by atoms with Crippen molar-refractivity contribution in [3.8, 4) is 0 Å². The molecule has 0 fully saturated rings. The summed E-state index contributed by atoms with van der Waals surface area (Å²) >= 11 is 6.25. The third kappa shape index (κ3) is 4.68. The van der Waals surface area contributed by atoms with Gasteiger partial charge in [0.1, 0.15) is 5.82 Å². The summed E-state index contributed by atoms with van der Waals surface area (Å²) in [5.74, 6) is -0.517. The van der Waals surface area contributed by atoms with Crippen LogP contribution >= 0.6 is 11.6 Å². The fourth-order valence-electron chi connectivity index (χ4n) is 3.82. The SMILES string of the molecule is Cc1nn(Cc2cccc(C(=O)Nc3c(C)nn(Cc4ccccc4F)c3C)c2)c(C)c1Cl. The van der Waals surface area contributed by atoms with Gasteiger partial charge in [-0.3, -0.25) is 14.2 Å². The number of aromatic nitrogens is 4. The molecule has 1 N–H and O–H groups in total. The van der Waals surface area contributed by atoms with Gasteiger partial charge in [0.15, 0.2) is 0 Å². The van der Waals surface area contributed by atoms with Crippen LogP contribution in [0.5, 0.6) is 0 Å². The minimum Gasteiger partial charge on any atom is -0.319 e. The second kappa shape index (κ2) is 9.19. The second-order valence-corrected chi connectivity index (χ2v) is 8.47. The topological polar surface area (TPSA) is 64.7 Å². The van der Waals surface area contributed by atoms with Crippen molar-refractivity contribution in [1.29, 1.82) is 0 Å². The number of halogens is 2. The number of anilines is 1. The van der Waals surface area contributed by atoms with Gasteiger partial charge in [-0.05, 0) is 51.5 Å². The maximum Gasteiger partial charge on any atom is 0.255 e. The smallest absolute Gasteiger partial charge is 0.255 e. The van der Waals surface area contributed by atoms with E-state index in [1.807, 2.05) is 50.6 Å². The summed E-state index contributed by atoms with van der Waals surface area (Å²) in [6.07, 6.45) is 0. The summed E-state index contributed by atoms with van der Waals surface area (Å²) in [4.78, 5) is 13.0. The van der Waals surface area contributed by atoms with Crippen LogP contribution in [0.3, 0.4) is 0 Å². The number of hydrogen-bond donors (Lipinski definition) is 1. The van der Waals surface area contributed by atoms with Gasteiger partial charge in [0, 0.05) is 11.1 Å². The van der Waals surface area contributed by atoms with E-state index in [0.717, 1.165) is 22.6 Å². The second-order valence-electron chi connectivity index (χ2n) is 8.09. The molecule has 6 nitrogen and oxygen atoms in total. The highest BCUT2D eigenvalue weighted by atomic mass is 35.5. The van der Waals surface area contributed by atoms with Crippen molar-refractivity contribution < 1.29 is 9.18 Å². The average molecular weight is 466 g/mol. The van der Waals surface area contributed by atoms with Crippen molar-refractivity contribution >= 4 is 23.2 Å². The molecule has 0 aliphatic heterocycles. The zero-order chi connectivity index (χ0) is 23.7. The molecule has 0 unspecified atom stereocenters. The number of nitrogens with one attached hydrogen (secondary N) is 1. The number of hydrogen-bond acceptors (Lipinski definition) is 3. The monoisotopic (exact) mass is 465 g/mol. The largest absolute Gasteiger partial charge is 0.319 e. The Morgan fingerprint density at radius 1 is 0.939 bits per heavy atom. The fourth-order valence-corrected chi connectivity index (χ4v) is 3.95. The van der Waals surface area contributed by atoms with Crippen molar-refractivity contribution in [2.45, 2.75) is 40.8 Å². The van der Waals surface area contributed by atoms with E-state index in [9.17, 15) is 9.18 Å². The van der Waals surface area contributed by atoms with Gasteiger partial charge >= 0.3 is 0 Å². The third-order valence-electron chi connectivity index (χ3n) is 5.71. The van der Waals surface area contributed by atoms with Crippen LogP contribution < -0.4 is 5.32 Å². The molecule has 0 saturated heterocycles. The lowest BCUT2D eigenvalue weighted by Gasteiger charge is -2.10. The number of carbonyl (C=O) groups excluding carboxylic acids is 1. The van der Waals surface area contributed by atoms with Crippen molar-refractivity contribution in [3.63, 3.8) is 0 Å². The Hall–Kier alpha value is -3.45. The quantitative estimate of drug-likeness (QED) is 0.411. The zero-order valence-electron chi connectivity index (χ0n) is 19.0. The third-order valence-corrected chi connectivity index (χ3v) is 6.26. The number of amides is 1. The Bertz CT molecular complexity index is 1340. The van der Waals surface area contributed by atoms with Gasteiger partial charge in [0.05, 0.1) is 46.6 Å². The molecule has 4 rings (SSSR count). The predicted octanol–water partition coefficient (Wildman–Crippen LogP) is 5.45. The number of benzene rings is 2. The van der Waals surface area contributed by atoms with Crippen LogP contribution in [0, 0.1) is 33.5 Å². The van der Waals surface area contributed by atoms with Crippen molar-refractivity contribution in [1.82, 2.24) is 19.6 Å². The van der Waals surface area contributed by atoms with Crippen LogP contribution in [0.4, 0.5) is 10.1 Å². The van der Waals surface area contributed by atoms with Gasteiger partial charge in [0.2, 0.25) is 0 Å². The molecule has 8 heteroatoms. The molecule has 0 atom stereocenters. The first-order valence-corrected chi connectivity index (χ1v) is 11.0. The fraction of sp³-hybridized carbons (Fsp3) is 0.240. The molecule has 2 heterocycles. The van der Waals surface area contributed by atoms with Gasteiger partial charge in [-0.2, -0.15) is 10.2 Å². The van der Waals surface area contributed by atoms with Gasteiger partial charge < -0.3 is 5.32 Å². The standard InChI is InChI=1S/C25H25ClFN5O/c1-15-23(26)17(3)31(29-15)13-19-8-7-10-20(12-19)25(33)28-24-16(2)30-32(18(24)4)14-21-9-5-6-11-22(21)27/h5-12H,13-14H2,1-4H3,(H,28,33). The molecule has 2 aromatic heterocycles. The van der Waals surface area contributed by atoms with Crippen LogP contribution in [0.2, 0.25) is 5.02 Å². The molecule has 4 aromatic rings. The lowest BCUT2D eigenvalue weighted by molar-refractivity contribution is 0.102. The summed E-state index contributed by atoms with van der Waals surface area (Å²) in [6.45, 7) is 8.27. The lowest BCUT2D eigenvalue weighted by atomic mass is 10.1. The average Bonchev–Trinajstić information content (AvgIpc) is 3.19. The highest BCUT2D eigenvalue weighted by Crippen LogP contribution is 2.23. The number of nitrogens with zero attached hydrogens (tertiary/aromatic N) is 4. The first kappa shape index (κ1) is 22.7. The Labute approximate surface area is 197 Å². The molecule has 0 spiro atoms. The van der Waals surface area contributed by atoms with Gasteiger partial charge in [-0.1, -0.05) is 41.9 Å². The number of aryl methyl sites for hydroxylation is 2. The Kier molecular flexibility index (Phi) is 6.33. The maximum atomic E-state index is 14.1. The number of rotatable bonds is 6. The van der Waals surface area contributed by atoms with E-state index in [0.29, 0.717) is 34.1 Å². The van der Waals surface area contributed by atoms with E-state index in [1.54, 1.807) is 28.9 Å². The van der Waals surface area contributed by atoms with Crippen LogP contribution in [-0.2, 0) is 13.1 Å². The Balaban J connectivity index is 1.53. The van der Waals surface area contributed by atoms with E-state index < -0.39 is 0 Å². The summed E-state index contributed by atoms with van der Waals surface area (Å²) in [6, 6.07) is 14.0. The van der Waals surface area contributed by atoms with E-state index in [4.69, 9.17) is 11.6 Å². The van der Waals surface area contributed by atoms with Gasteiger partial charge in [-0.25, -0.2) is 4.39 Å². The molecule has 0 bridgehead atoms. The van der Waals surface area contributed by atoms with Gasteiger partial charge in [-0.15, -0.1) is 0 Å². The molecular formula is C25H25ClFN5O. The van der Waals surface area contributed by atoms with E-state index >= 15 is 0 Å². The Morgan fingerprint density at radius 2 is 1.64 bits per heavy atom. The molecule has 2 aromatic carbocycles. The molecule has 0 saturated carbocycles. The van der Waals surface area contributed by atoms with Crippen LogP contribution in [-0.4, -0.2) is 25.5 Å². The first-order chi connectivity index (χ1) is 15.7. The normalized spacial score (nSPS) is 11.1. The molecule has 33 heavy (non-hydrogen) atoms. The van der Waals surface area contributed by atoms with E-state index in [2.05, 4.69) is 15.5 Å². The van der Waals surface area contributed by atoms with Crippen LogP contribution in [0.25, 0.3) is 0 Å². The van der Waals surface area contributed by atoms with Crippen molar-refractivity contribution in [2.24, 2.45) is 0 Å². The number of carbonyl (C=O) groups is 1. The van der Waals surface area contributed by atoms with Crippen LogP contribution in [0.15, 0.2) is 48.5 Å². The lowest BCUT2D eigenvalue weighted by Crippen LogP contribution is -2.14. The first-order valence-electron chi connectivity index (χ1n) is 10.6. The minimum atomic E-state index is -0.281.